The molecule has 4 nitrogen and oxygen atoms in total. The zero-order chi connectivity index (χ0) is 23.1. The Morgan fingerprint density at radius 2 is 1.67 bits per heavy atom. The van der Waals surface area contributed by atoms with E-state index in [0.29, 0.717) is 5.70 Å². The maximum Gasteiger partial charge on any atom is 0.267 e. The SMILES string of the molecule is C=C(N)Cn1nc(C(C)C)c(-c2cccc(CCC)c2)cc1=O.CCC.CCCC. The first-order valence-electron chi connectivity index (χ1n) is 11.4. The van der Waals surface area contributed by atoms with Crippen LogP contribution in [-0.4, -0.2) is 9.78 Å². The van der Waals surface area contributed by atoms with Gasteiger partial charge in [0.2, 0.25) is 0 Å². The quantitative estimate of drug-likeness (QED) is 0.550. The molecular formula is C26H43N3O. The van der Waals surface area contributed by atoms with Gasteiger partial charge in [-0.2, -0.15) is 5.10 Å². The lowest BCUT2D eigenvalue weighted by atomic mass is 9.96. The van der Waals surface area contributed by atoms with Crippen LogP contribution in [0.3, 0.4) is 0 Å². The second-order valence-corrected chi connectivity index (χ2v) is 7.91. The highest BCUT2D eigenvalue weighted by Gasteiger charge is 2.14. The van der Waals surface area contributed by atoms with Crippen molar-refractivity contribution in [2.45, 2.75) is 93.0 Å². The Kier molecular flexibility index (Phi) is 14.3. The summed E-state index contributed by atoms with van der Waals surface area (Å²) in [5.74, 6) is 0.206. The zero-order valence-corrected chi connectivity index (χ0v) is 20.3. The number of benzene rings is 1. The molecule has 1 heterocycles. The van der Waals surface area contributed by atoms with E-state index in [-0.39, 0.29) is 18.0 Å². The third-order valence-electron chi connectivity index (χ3n) is 4.20. The van der Waals surface area contributed by atoms with Crippen LogP contribution in [0.2, 0.25) is 0 Å². The van der Waals surface area contributed by atoms with Gasteiger partial charge in [0.15, 0.2) is 0 Å². The number of hydrogen-bond acceptors (Lipinski definition) is 3. The number of nitrogens with two attached hydrogens (primary N) is 1. The zero-order valence-electron chi connectivity index (χ0n) is 20.3. The first-order valence-corrected chi connectivity index (χ1v) is 11.4. The lowest BCUT2D eigenvalue weighted by Gasteiger charge is -2.15. The third kappa shape index (κ3) is 9.91. The van der Waals surface area contributed by atoms with E-state index in [1.54, 1.807) is 6.07 Å². The van der Waals surface area contributed by atoms with Crippen LogP contribution in [-0.2, 0) is 13.0 Å². The molecular weight excluding hydrogens is 370 g/mol. The van der Waals surface area contributed by atoms with Crippen LogP contribution in [0.1, 0.15) is 91.3 Å². The average Bonchev–Trinajstić information content (AvgIpc) is 2.70. The highest BCUT2D eigenvalue weighted by atomic mass is 16.1. The van der Waals surface area contributed by atoms with Crippen molar-refractivity contribution in [3.63, 3.8) is 0 Å². The lowest BCUT2D eigenvalue weighted by molar-refractivity contribution is 0.598. The second-order valence-electron chi connectivity index (χ2n) is 7.91. The number of aryl methyl sites for hydroxylation is 1. The summed E-state index contributed by atoms with van der Waals surface area (Å²) in [7, 11) is 0. The van der Waals surface area contributed by atoms with E-state index >= 15 is 0 Å². The van der Waals surface area contributed by atoms with Crippen molar-refractivity contribution in [2.24, 2.45) is 5.73 Å². The summed E-state index contributed by atoms with van der Waals surface area (Å²) in [4.78, 5) is 12.3. The van der Waals surface area contributed by atoms with Crippen LogP contribution in [0.5, 0.6) is 0 Å². The summed E-state index contributed by atoms with van der Waals surface area (Å²) in [6.45, 7) is 18.8. The van der Waals surface area contributed by atoms with E-state index in [2.05, 4.69) is 72.3 Å². The maximum absolute atomic E-state index is 12.3. The average molecular weight is 414 g/mol. The molecule has 1 aromatic heterocycles. The van der Waals surface area contributed by atoms with E-state index in [4.69, 9.17) is 5.73 Å². The van der Waals surface area contributed by atoms with Crippen LogP contribution in [0.4, 0.5) is 0 Å². The van der Waals surface area contributed by atoms with Gasteiger partial charge in [0.05, 0.1) is 12.2 Å². The van der Waals surface area contributed by atoms with Crippen LogP contribution in [0.25, 0.3) is 11.1 Å². The van der Waals surface area contributed by atoms with Crippen molar-refractivity contribution >= 4 is 0 Å². The van der Waals surface area contributed by atoms with Crippen molar-refractivity contribution in [1.29, 1.82) is 0 Å². The summed E-state index contributed by atoms with van der Waals surface area (Å²) >= 11 is 0. The number of hydrogen-bond donors (Lipinski definition) is 1. The van der Waals surface area contributed by atoms with Crippen molar-refractivity contribution in [3.05, 3.63) is 64.2 Å². The molecule has 0 spiro atoms. The largest absolute Gasteiger partial charge is 0.401 e. The highest BCUT2D eigenvalue weighted by molar-refractivity contribution is 5.66. The summed E-state index contributed by atoms with van der Waals surface area (Å²) in [6, 6.07) is 10.0. The molecule has 4 heteroatoms. The normalized spacial score (nSPS) is 10.0. The predicted octanol–water partition coefficient (Wildman–Crippen LogP) is 6.68. The van der Waals surface area contributed by atoms with Crippen molar-refractivity contribution in [1.82, 2.24) is 9.78 Å². The fraction of sp³-hybridized carbons (Fsp3) is 0.538. The molecule has 0 bridgehead atoms. The lowest BCUT2D eigenvalue weighted by Crippen LogP contribution is -2.26. The van der Waals surface area contributed by atoms with Gasteiger partial charge in [-0.05, 0) is 23.5 Å². The van der Waals surface area contributed by atoms with Crippen LogP contribution >= 0.6 is 0 Å². The van der Waals surface area contributed by atoms with E-state index in [9.17, 15) is 4.79 Å². The highest BCUT2D eigenvalue weighted by Crippen LogP contribution is 2.27. The molecule has 2 rings (SSSR count). The van der Waals surface area contributed by atoms with Crippen LogP contribution in [0, 0.1) is 0 Å². The molecule has 0 aliphatic carbocycles. The number of nitrogens with zero attached hydrogens (tertiary/aromatic N) is 2. The first kappa shape index (κ1) is 27.6. The van der Waals surface area contributed by atoms with Gasteiger partial charge in [0.1, 0.15) is 0 Å². The van der Waals surface area contributed by atoms with Gasteiger partial charge in [0.25, 0.3) is 5.56 Å². The smallest absolute Gasteiger partial charge is 0.267 e. The maximum atomic E-state index is 12.3. The molecule has 2 N–H and O–H groups in total. The van der Waals surface area contributed by atoms with E-state index in [0.717, 1.165) is 29.7 Å². The topological polar surface area (TPSA) is 60.9 Å². The summed E-state index contributed by atoms with van der Waals surface area (Å²) in [6.07, 6.45) is 6.02. The number of allylic oxidation sites excluding steroid dienone is 1. The minimum atomic E-state index is -0.156. The monoisotopic (exact) mass is 413 g/mol. The van der Waals surface area contributed by atoms with Crippen molar-refractivity contribution < 1.29 is 0 Å². The fourth-order valence-corrected chi connectivity index (χ4v) is 2.65. The molecule has 2 aromatic rings. The molecule has 0 fully saturated rings. The fourth-order valence-electron chi connectivity index (χ4n) is 2.65. The Morgan fingerprint density at radius 3 is 2.13 bits per heavy atom. The van der Waals surface area contributed by atoms with Crippen molar-refractivity contribution in [2.75, 3.05) is 0 Å². The molecule has 1 aromatic carbocycles. The van der Waals surface area contributed by atoms with Gasteiger partial charge in [-0.15, -0.1) is 0 Å². The Labute approximate surface area is 184 Å². The number of rotatable bonds is 7. The number of unbranched alkanes of at least 4 members (excludes halogenated alkanes) is 1. The van der Waals surface area contributed by atoms with Gasteiger partial charge in [-0.3, -0.25) is 4.79 Å². The first-order chi connectivity index (χ1) is 14.2. The molecule has 0 aliphatic rings. The molecule has 0 aliphatic heterocycles. The summed E-state index contributed by atoms with van der Waals surface area (Å²) in [5, 5.41) is 4.53. The molecule has 0 saturated heterocycles. The Bertz CT molecular complexity index is 804. The minimum Gasteiger partial charge on any atom is -0.401 e. The van der Waals surface area contributed by atoms with E-state index in [1.807, 2.05) is 12.1 Å². The standard InChI is InChI=1S/C19H25N3O.C4H10.C3H8/c1-5-7-15-8-6-9-16(10-15)17-11-18(23)22(12-14(4)20)21-19(17)13(2)3;1-3-4-2;1-3-2/h6,8-11,13H,4-5,7,12,20H2,1-3H3;3-4H2,1-2H3;3H2,1-2H3. The second kappa shape index (κ2) is 15.5. The molecule has 0 saturated carbocycles. The van der Waals surface area contributed by atoms with Gasteiger partial charge < -0.3 is 5.73 Å². The van der Waals surface area contributed by atoms with Gasteiger partial charge in [-0.25, -0.2) is 4.68 Å². The third-order valence-corrected chi connectivity index (χ3v) is 4.20. The molecule has 0 atom stereocenters. The molecule has 0 unspecified atom stereocenters. The van der Waals surface area contributed by atoms with Gasteiger partial charge in [0, 0.05) is 17.3 Å². The molecule has 0 amide bonds. The van der Waals surface area contributed by atoms with E-state index < -0.39 is 0 Å². The van der Waals surface area contributed by atoms with E-state index in [1.165, 1.54) is 29.5 Å². The van der Waals surface area contributed by atoms with Crippen LogP contribution < -0.4 is 11.3 Å². The molecule has 0 radical (unpaired) electrons. The molecule has 30 heavy (non-hydrogen) atoms. The Balaban J connectivity index is 0.00000105. The molecule has 168 valence electrons. The van der Waals surface area contributed by atoms with Crippen molar-refractivity contribution in [3.8, 4) is 11.1 Å². The van der Waals surface area contributed by atoms with Gasteiger partial charge in [-0.1, -0.05) is 105 Å². The predicted molar refractivity (Wildman–Crippen MR) is 132 cm³/mol. The summed E-state index contributed by atoms with van der Waals surface area (Å²) < 4.78 is 1.39. The Hall–Kier alpha value is -2.36. The summed E-state index contributed by atoms with van der Waals surface area (Å²) in [5.41, 5.74) is 10.0. The van der Waals surface area contributed by atoms with Gasteiger partial charge >= 0.3 is 0 Å². The van der Waals surface area contributed by atoms with Crippen LogP contribution in [0.15, 0.2) is 47.4 Å². The number of aromatic nitrogens is 2. The minimum absolute atomic E-state index is 0.156. The Morgan fingerprint density at radius 1 is 1.07 bits per heavy atom.